The van der Waals surface area contributed by atoms with Crippen molar-refractivity contribution in [2.24, 2.45) is 0 Å². The molecule has 0 aliphatic rings. The van der Waals surface area contributed by atoms with Gasteiger partial charge < -0.3 is 9.73 Å². The summed E-state index contributed by atoms with van der Waals surface area (Å²) >= 11 is 0. The monoisotopic (exact) mass is 286 g/mol. The van der Waals surface area contributed by atoms with Crippen molar-refractivity contribution in [2.45, 2.75) is 20.3 Å². The Labute approximate surface area is 123 Å². The van der Waals surface area contributed by atoms with Gasteiger partial charge in [-0.3, -0.25) is 5.32 Å². The highest BCUT2D eigenvalue weighted by Gasteiger charge is 2.10. The molecule has 0 saturated carbocycles. The zero-order valence-electron chi connectivity index (χ0n) is 12.1. The highest BCUT2D eigenvalue weighted by atomic mass is 16.4. The van der Waals surface area contributed by atoms with Crippen molar-refractivity contribution in [3.8, 4) is 0 Å². The van der Waals surface area contributed by atoms with Crippen LogP contribution in [0.5, 0.6) is 0 Å². The van der Waals surface area contributed by atoms with Gasteiger partial charge in [0.2, 0.25) is 5.89 Å². The molecule has 0 saturated heterocycles. The molecule has 0 aliphatic carbocycles. The Bertz CT molecular complexity index is 649. The van der Waals surface area contributed by atoms with Crippen molar-refractivity contribution in [3.63, 3.8) is 0 Å². The Kier molecular flexibility index (Phi) is 4.71. The van der Waals surface area contributed by atoms with Crippen LogP contribution >= 0.6 is 0 Å². The van der Waals surface area contributed by atoms with Crippen molar-refractivity contribution >= 4 is 12.0 Å². The minimum absolute atomic E-state index is 0.0799. The SMILES string of the molecule is C=CCNC(=O)Nc1nnc(Cc2ccc(C)cc2C)o1. The van der Waals surface area contributed by atoms with E-state index in [1.165, 1.54) is 11.1 Å². The third-order valence-corrected chi connectivity index (χ3v) is 2.93. The van der Waals surface area contributed by atoms with Crippen LogP contribution in [0.3, 0.4) is 0 Å². The fraction of sp³-hybridized carbons (Fsp3) is 0.267. The first-order valence-corrected chi connectivity index (χ1v) is 6.62. The number of hydrogen-bond donors (Lipinski definition) is 2. The Balaban J connectivity index is 1.99. The van der Waals surface area contributed by atoms with Crippen LogP contribution in [-0.4, -0.2) is 22.8 Å². The molecule has 2 N–H and O–H groups in total. The van der Waals surface area contributed by atoms with E-state index in [9.17, 15) is 4.79 Å². The Morgan fingerprint density at radius 1 is 1.38 bits per heavy atom. The van der Waals surface area contributed by atoms with E-state index in [-0.39, 0.29) is 6.01 Å². The summed E-state index contributed by atoms with van der Waals surface area (Å²) in [6.07, 6.45) is 2.12. The van der Waals surface area contributed by atoms with Crippen LogP contribution in [0.4, 0.5) is 10.8 Å². The van der Waals surface area contributed by atoms with E-state index in [0.29, 0.717) is 18.9 Å². The maximum Gasteiger partial charge on any atom is 0.323 e. The molecule has 0 unspecified atom stereocenters. The smallest absolute Gasteiger partial charge is 0.323 e. The van der Waals surface area contributed by atoms with Gasteiger partial charge in [-0.1, -0.05) is 34.9 Å². The number of urea groups is 1. The number of anilines is 1. The van der Waals surface area contributed by atoms with Crippen LogP contribution in [-0.2, 0) is 6.42 Å². The number of carbonyl (C=O) groups is 1. The molecule has 0 bridgehead atoms. The summed E-state index contributed by atoms with van der Waals surface area (Å²) in [4.78, 5) is 11.4. The number of aromatic nitrogens is 2. The van der Waals surface area contributed by atoms with E-state index >= 15 is 0 Å². The summed E-state index contributed by atoms with van der Waals surface area (Å²) in [5.74, 6) is 0.459. The lowest BCUT2D eigenvalue weighted by Crippen LogP contribution is -2.28. The molecule has 6 nitrogen and oxygen atoms in total. The highest BCUT2D eigenvalue weighted by Crippen LogP contribution is 2.16. The topological polar surface area (TPSA) is 80.0 Å². The van der Waals surface area contributed by atoms with Gasteiger partial charge in [-0.25, -0.2) is 4.79 Å². The quantitative estimate of drug-likeness (QED) is 0.828. The number of benzene rings is 1. The summed E-state index contributed by atoms with van der Waals surface area (Å²) in [5, 5.41) is 12.7. The molecule has 2 amide bonds. The number of amides is 2. The van der Waals surface area contributed by atoms with E-state index in [1.807, 2.05) is 26.0 Å². The van der Waals surface area contributed by atoms with E-state index in [0.717, 1.165) is 5.56 Å². The van der Waals surface area contributed by atoms with Crippen LogP contribution in [0, 0.1) is 13.8 Å². The summed E-state index contributed by atoms with van der Waals surface area (Å²) in [5.41, 5.74) is 3.50. The molecule has 1 heterocycles. The Morgan fingerprint density at radius 3 is 2.90 bits per heavy atom. The molecule has 0 spiro atoms. The second-order valence-corrected chi connectivity index (χ2v) is 4.73. The van der Waals surface area contributed by atoms with Crippen molar-refractivity contribution in [2.75, 3.05) is 11.9 Å². The fourth-order valence-corrected chi connectivity index (χ4v) is 1.89. The largest absolute Gasteiger partial charge is 0.407 e. The summed E-state index contributed by atoms with van der Waals surface area (Å²) in [6.45, 7) is 7.97. The molecule has 0 atom stereocenters. The molecule has 0 radical (unpaired) electrons. The standard InChI is InChI=1S/C15H18N4O2/c1-4-7-16-14(20)17-15-19-18-13(21-15)9-12-6-5-10(2)8-11(12)3/h4-6,8H,1,7,9H2,2-3H3,(H2,16,17,19,20). The molecule has 2 rings (SSSR count). The second kappa shape index (κ2) is 6.69. The molecule has 110 valence electrons. The molecule has 0 fully saturated rings. The Hall–Kier alpha value is -2.63. The van der Waals surface area contributed by atoms with Gasteiger partial charge in [-0.15, -0.1) is 11.7 Å². The number of hydrogen-bond acceptors (Lipinski definition) is 4. The molecule has 1 aromatic heterocycles. The van der Waals surface area contributed by atoms with Gasteiger partial charge in [-0.2, -0.15) is 0 Å². The molecule has 21 heavy (non-hydrogen) atoms. The highest BCUT2D eigenvalue weighted by molar-refractivity contribution is 5.86. The number of nitrogens with zero attached hydrogens (tertiary/aromatic N) is 2. The Morgan fingerprint density at radius 2 is 2.19 bits per heavy atom. The van der Waals surface area contributed by atoms with E-state index in [1.54, 1.807) is 6.08 Å². The van der Waals surface area contributed by atoms with E-state index < -0.39 is 6.03 Å². The van der Waals surface area contributed by atoms with Gasteiger partial charge in [0.15, 0.2) is 0 Å². The van der Waals surface area contributed by atoms with Crippen LogP contribution in [0.2, 0.25) is 0 Å². The second-order valence-electron chi connectivity index (χ2n) is 4.73. The van der Waals surface area contributed by atoms with Gasteiger partial charge >= 0.3 is 12.0 Å². The number of aryl methyl sites for hydroxylation is 2. The van der Waals surface area contributed by atoms with Crippen LogP contribution in [0.25, 0.3) is 0 Å². The lowest BCUT2D eigenvalue weighted by molar-refractivity contribution is 0.252. The van der Waals surface area contributed by atoms with Gasteiger partial charge in [0.25, 0.3) is 0 Å². The van der Waals surface area contributed by atoms with E-state index in [2.05, 4.69) is 33.5 Å². The lowest BCUT2D eigenvalue weighted by atomic mass is 10.0. The maximum atomic E-state index is 11.4. The molecule has 1 aromatic carbocycles. The van der Waals surface area contributed by atoms with Gasteiger partial charge in [-0.05, 0) is 25.0 Å². The summed E-state index contributed by atoms with van der Waals surface area (Å²) in [6, 6.07) is 5.86. The summed E-state index contributed by atoms with van der Waals surface area (Å²) < 4.78 is 5.40. The van der Waals surface area contributed by atoms with E-state index in [4.69, 9.17) is 4.42 Å². The maximum absolute atomic E-state index is 11.4. The predicted octanol–water partition coefficient (Wildman–Crippen LogP) is 2.58. The molecular formula is C15H18N4O2. The van der Waals surface area contributed by atoms with Gasteiger partial charge in [0, 0.05) is 6.54 Å². The first-order chi connectivity index (χ1) is 10.1. The van der Waals surface area contributed by atoms with Crippen LogP contribution < -0.4 is 10.6 Å². The first kappa shape index (κ1) is 14.8. The number of nitrogens with one attached hydrogen (secondary N) is 2. The lowest BCUT2D eigenvalue weighted by Gasteiger charge is -2.04. The third kappa shape index (κ3) is 4.17. The summed E-state index contributed by atoms with van der Waals surface area (Å²) in [7, 11) is 0. The van der Waals surface area contributed by atoms with Crippen molar-refractivity contribution in [1.82, 2.24) is 15.5 Å². The molecule has 2 aromatic rings. The predicted molar refractivity (Wildman–Crippen MR) is 80.2 cm³/mol. The van der Waals surface area contributed by atoms with Crippen molar-refractivity contribution in [1.29, 1.82) is 0 Å². The van der Waals surface area contributed by atoms with Crippen LogP contribution in [0.1, 0.15) is 22.6 Å². The average Bonchev–Trinajstić information content (AvgIpc) is 2.87. The normalized spacial score (nSPS) is 10.2. The minimum Gasteiger partial charge on any atom is -0.407 e. The minimum atomic E-state index is -0.406. The fourth-order valence-electron chi connectivity index (χ4n) is 1.89. The first-order valence-electron chi connectivity index (χ1n) is 6.62. The zero-order valence-corrected chi connectivity index (χ0v) is 12.1. The number of rotatable bonds is 5. The van der Waals surface area contributed by atoms with Crippen LogP contribution in [0.15, 0.2) is 35.3 Å². The van der Waals surface area contributed by atoms with Gasteiger partial charge in [0.1, 0.15) is 0 Å². The number of carbonyl (C=O) groups excluding carboxylic acids is 1. The molecule has 0 aliphatic heterocycles. The van der Waals surface area contributed by atoms with Crippen molar-refractivity contribution in [3.05, 3.63) is 53.4 Å². The zero-order chi connectivity index (χ0) is 15.2. The van der Waals surface area contributed by atoms with Gasteiger partial charge in [0.05, 0.1) is 6.42 Å². The van der Waals surface area contributed by atoms with Crippen molar-refractivity contribution < 1.29 is 9.21 Å². The molecule has 6 heteroatoms. The molecular weight excluding hydrogens is 268 g/mol. The average molecular weight is 286 g/mol. The third-order valence-electron chi connectivity index (χ3n) is 2.93.